The molecule has 0 spiro atoms. The van der Waals surface area contributed by atoms with Crippen LogP contribution in [0.5, 0.6) is 5.75 Å². The fourth-order valence-electron chi connectivity index (χ4n) is 2.49. The van der Waals surface area contributed by atoms with Crippen LogP contribution in [-0.4, -0.2) is 18.1 Å². The van der Waals surface area contributed by atoms with E-state index in [9.17, 15) is 9.59 Å². The maximum absolute atomic E-state index is 12.4. The highest BCUT2D eigenvalue weighted by Crippen LogP contribution is 2.24. The van der Waals surface area contributed by atoms with Crippen LogP contribution >= 0.6 is 27.5 Å². The van der Waals surface area contributed by atoms with Gasteiger partial charge in [0.05, 0.1) is 23.2 Å². The third-order valence-electron chi connectivity index (χ3n) is 3.87. The van der Waals surface area contributed by atoms with Crippen LogP contribution in [0.1, 0.15) is 21.5 Å². The fourth-order valence-corrected chi connectivity index (χ4v) is 3.08. The molecule has 0 aliphatic heterocycles. The number of hydrogen-bond donors (Lipinski definition) is 1. The number of nitrogens with zero attached hydrogens (tertiary/aromatic N) is 1. The maximum Gasteiger partial charge on any atom is 0.345 e. The zero-order valence-corrected chi connectivity index (χ0v) is 17.5. The third-order valence-corrected chi connectivity index (χ3v) is 4.69. The van der Waals surface area contributed by atoms with E-state index in [1.165, 1.54) is 6.21 Å². The molecule has 0 aromatic heterocycles. The topological polar surface area (TPSA) is 67.8 Å². The molecule has 5 nitrogen and oxygen atoms in total. The summed E-state index contributed by atoms with van der Waals surface area (Å²) in [5, 5.41) is 4.28. The number of halogens is 2. The maximum atomic E-state index is 12.4. The minimum atomic E-state index is -0.583. The number of ether oxygens (including phenoxy) is 1. The molecule has 29 heavy (non-hydrogen) atoms. The Morgan fingerprint density at radius 3 is 2.52 bits per heavy atom. The molecular weight excluding hydrogens is 456 g/mol. The van der Waals surface area contributed by atoms with Crippen molar-refractivity contribution in [1.82, 2.24) is 5.43 Å². The molecule has 0 bridgehead atoms. The summed E-state index contributed by atoms with van der Waals surface area (Å²) in [5.41, 5.74) is 4.13. The molecule has 0 saturated carbocycles. The average molecular weight is 472 g/mol. The summed E-state index contributed by atoms with van der Waals surface area (Å²) in [6, 6.07) is 21.1. The molecule has 0 saturated heterocycles. The molecule has 3 aromatic carbocycles. The Hall–Kier alpha value is -2.96. The van der Waals surface area contributed by atoms with Gasteiger partial charge >= 0.3 is 5.97 Å². The Morgan fingerprint density at radius 1 is 1.03 bits per heavy atom. The largest absolute Gasteiger partial charge is 0.422 e. The van der Waals surface area contributed by atoms with Crippen molar-refractivity contribution in [2.24, 2.45) is 5.10 Å². The second-order valence-corrected chi connectivity index (χ2v) is 7.33. The monoisotopic (exact) mass is 470 g/mol. The van der Waals surface area contributed by atoms with Crippen molar-refractivity contribution in [1.29, 1.82) is 0 Å². The van der Waals surface area contributed by atoms with Crippen molar-refractivity contribution >= 4 is 45.6 Å². The Kier molecular flexibility index (Phi) is 7.16. The molecule has 0 aliphatic rings. The van der Waals surface area contributed by atoms with Gasteiger partial charge in [-0.1, -0.05) is 70.0 Å². The van der Waals surface area contributed by atoms with Crippen molar-refractivity contribution in [3.8, 4) is 5.75 Å². The predicted molar refractivity (Wildman–Crippen MR) is 116 cm³/mol. The molecule has 0 atom stereocenters. The van der Waals surface area contributed by atoms with Crippen molar-refractivity contribution in [3.05, 3.63) is 99.0 Å². The second-order valence-electron chi connectivity index (χ2n) is 6.01. The van der Waals surface area contributed by atoms with Crippen LogP contribution in [0.15, 0.2) is 82.4 Å². The molecule has 0 heterocycles. The molecule has 3 aromatic rings. The predicted octanol–water partition coefficient (Wildman–Crippen LogP) is 5.01. The molecule has 1 N–H and O–H groups in total. The second kappa shape index (κ2) is 10.0. The van der Waals surface area contributed by atoms with E-state index in [-0.39, 0.29) is 17.9 Å². The number of hydrogen-bond acceptors (Lipinski definition) is 4. The van der Waals surface area contributed by atoms with Gasteiger partial charge in [0.25, 0.3) is 0 Å². The minimum Gasteiger partial charge on any atom is -0.422 e. The van der Waals surface area contributed by atoms with E-state index in [2.05, 4.69) is 26.5 Å². The Bertz CT molecular complexity index is 1050. The summed E-state index contributed by atoms with van der Waals surface area (Å²) in [6.07, 6.45) is 1.63. The molecule has 0 unspecified atom stereocenters. The summed E-state index contributed by atoms with van der Waals surface area (Å²) in [4.78, 5) is 24.4. The number of carbonyl (C=O) groups excluding carboxylic acids is 2. The number of nitrogens with one attached hydrogen (secondary N) is 1. The zero-order valence-electron chi connectivity index (χ0n) is 15.1. The SMILES string of the molecule is O=C(Cc1ccccc1)NN=Cc1cc(Br)ccc1OC(=O)c1ccccc1Cl. The third kappa shape index (κ3) is 6.01. The number of amides is 1. The van der Waals surface area contributed by atoms with Gasteiger partial charge < -0.3 is 4.74 Å². The van der Waals surface area contributed by atoms with E-state index in [1.807, 2.05) is 30.3 Å². The molecular formula is C22H16BrClN2O3. The molecule has 0 radical (unpaired) electrons. The van der Waals surface area contributed by atoms with Gasteiger partial charge in [-0.15, -0.1) is 0 Å². The highest BCUT2D eigenvalue weighted by atomic mass is 79.9. The number of rotatable bonds is 6. The van der Waals surface area contributed by atoms with Gasteiger partial charge in [-0.25, -0.2) is 10.2 Å². The van der Waals surface area contributed by atoms with E-state index in [4.69, 9.17) is 16.3 Å². The lowest BCUT2D eigenvalue weighted by molar-refractivity contribution is -0.120. The Morgan fingerprint density at radius 2 is 1.76 bits per heavy atom. The van der Waals surface area contributed by atoms with Gasteiger partial charge in [0.1, 0.15) is 5.75 Å². The van der Waals surface area contributed by atoms with Crippen LogP contribution in [-0.2, 0) is 11.2 Å². The summed E-state index contributed by atoms with van der Waals surface area (Å²) in [7, 11) is 0. The molecule has 7 heteroatoms. The van der Waals surface area contributed by atoms with Crippen LogP contribution < -0.4 is 10.2 Å². The molecule has 1 amide bonds. The highest BCUT2D eigenvalue weighted by Gasteiger charge is 2.14. The lowest BCUT2D eigenvalue weighted by Gasteiger charge is -2.09. The number of esters is 1. The van der Waals surface area contributed by atoms with E-state index >= 15 is 0 Å². The lowest BCUT2D eigenvalue weighted by atomic mass is 10.1. The van der Waals surface area contributed by atoms with Crippen LogP contribution in [0.3, 0.4) is 0 Å². The van der Waals surface area contributed by atoms with E-state index < -0.39 is 5.97 Å². The lowest BCUT2D eigenvalue weighted by Crippen LogP contribution is -2.19. The highest BCUT2D eigenvalue weighted by molar-refractivity contribution is 9.10. The van der Waals surface area contributed by atoms with Gasteiger partial charge in [0.2, 0.25) is 5.91 Å². The average Bonchev–Trinajstić information content (AvgIpc) is 2.71. The molecule has 0 fully saturated rings. The number of carbonyl (C=O) groups is 2. The molecule has 146 valence electrons. The first-order chi connectivity index (χ1) is 14.0. The Balaban J connectivity index is 1.70. The summed E-state index contributed by atoms with van der Waals surface area (Å²) >= 11 is 9.43. The Labute approximate surface area is 181 Å². The van der Waals surface area contributed by atoms with Gasteiger partial charge in [-0.05, 0) is 35.9 Å². The first kappa shape index (κ1) is 20.8. The van der Waals surface area contributed by atoms with Crippen molar-refractivity contribution in [2.45, 2.75) is 6.42 Å². The normalized spacial score (nSPS) is 10.7. The fraction of sp³-hybridized carbons (Fsp3) is 0.0455. The first-order valence-corrected chi connectivity index (χ1v) is 9.82. The van der Waals surface area contributed by atoms with E-state index in [1.54, 1.807) is 42.5 Å². The zero-order chi connectivity index (χ0) is 20.6. The first-order valence-electron chi connectivity index (χ1n) is 8.65. The van der Waals surface area contributed by atoms with E-state index in [0.717, 1.165) is 10.0 Å². The van der Waals surface area contributed by atoms with Crippen molar-refractivity contribution in [2.75, 3.05) is 0 Å². The van der Waals surface area contributed by atoms with Crippen molar-refractivity contribution in [3.63, 3.8) is 0 Å². The van der Waals surface area contributed by atoms with Gasteiger partial charge in [0, 0.05) is 10.0 Å². The molecule has 3 rings (SSSR count). The van der Waals surface area contributed by atoms with Crippen molar-refractivity contribution < 1.29 is 14.3 Å². The smallest absolute Gasteiger partial charge is 0.345 e. The summed E-state index contributed by atoms with van der Waals surface area (Å²) in [6.45, 7) is 0. The number of hydrazone groups is 1. The summed E-state index contributed by atoms with van der Waals surface area (Å²) < 4.78 is 6.24. The standard InChI is InChI=1S/C22H16BrClN2O3/c23-17-10-11-20(29-22(28)18-8-4-5-9-19(18)24)16(13-17)14-25-26-21(27)12-15-6-2-1-3-7-15/h1-11,13-14H,12H2,(H,26,27). The summed E-state index contributed by atoms with van der Waals surface area (Å²) in [5.74, 6) is -0.545. The minimum absolute atomic E-state index is 0.213. The van der Waals surface area contributed by atoms with Crippen LogP contribution in [0.25, 0.3) is 0 Å². The van der Waals surface area contributed by atoms with Gasteiger partial charge in [-0.2, -0.15) is 5.10 Å². The van der Waals surface area contributed by atoms with Crippen LogP contribution in [0, 0.1) is 0 Å². The van der Waals surface area contributed by atoms with Gasteiger partial charge in [-0.3, -0.25) is 4.79 Å². The quantitative estimate of drug-likeness (QED) is 0.238. The van der Waals surface area contributed by atoms with Gasteiger partial charge in [0.15, 0.2) is 0 Å². The van der Waals surface area contributed by atoms with Crippen LogP contribution in [0.4, 0.5) is 0 Å². The molecule has 0 aliphatic carbocycles. The van der Waals surface area contributed by atoms with E-state index in [0.29, 0.717) is 16.3 Å². The number of benzene rings is 3. The van der Waals surface area contributed by atoms with Crippen LogP contribution in [0.2, 0.25) is 5.02 Å².